The average molecular weight is 539 g/mol. The van der Waals surface area contributed by atoms with E-state index in [9.17, 15) is 9.59 Å². The minimum Gasteiger partial charge on any atom is -0.462 e. The fraction of sp³-hybridized carbons (Fsp3) is 0.250. The lowest BCUT2D eigenvalue weighted by Crippen LogP contribution is -2.17. The van der Waals surface area contributed by atoms with Gasteiger partial charge in [-0.1, -0.05) is 48.3 Å². The van der Waals surface area contributed by atoms with Gasteiger partial charge in [0.25, 0.3) is 5.91 Å². The molecule has 1 N–H and O–H groups in total. The molecule has 0 radical (unpaired) electrons. The number of benzene rings is 2. The molecule has 1 amide bonds. The summed E-state index contributed by atoms with van der Waals surface area (Å²) in [4.78, 5) is 32.5. The Balaban J connectivity index is 1.59. The van der Waals surface area contributed by atoms with Crippen LogP contribution in [-0.4, -0.2) is 23.5 Å². The van der Waals surface area contributed by atoms with Gasteiger partial charge in [-0.25, -0.2) is 9.78 Å². The molecular weight excluding hydrogens is 515 g/mol. The maximum Gasteiger partial charge on any atom is 0.341 e. The van der Waals surface area contributed by atoms with Crippen LogP contribution >= 0.6 is 34.5 Å². The van der Waals surface area contributed by atoms with Gasteiger partial charge in [-0.3, -0.25) is 4.79 Å². The number of amides is 1. The van der Waals surface area contributed by atoms with Crippen LogP contribution in [0.5, 0.6) is 0 Å². The van der Waals surface area contributed by atoms with Crippen molar-refractivity contribution >= 4 is 62.3 Å². The van der Waals surface area contributed by atoms with Gasteiger partial charge in [-0.15, -0.1) is 11.3 Å². The maximum absolute atomic E-state index is 13.7. The molecule has 2 aromatic heterocycles. The Morgan fingerprint density at radius 1 is 1.17 bits per heavy atom. The second-order valence-corrected chi connectivity index (χ2v) is 10.9. The van der Waals surface area contributed by atoms with Crippen molar-refractivity contribution in [2.24, 2.45) is 5.92 Å². The van der Waals surface area contributed by atoms with E-state index in [4.69, 9.17) is 32.9 Å². The monoisotopic (exact) mass is 538 g/mol. The number of carbonyl (C=O) groups excluding carboxylic acids is 2. The molecule has 4 aromatic rings. The molecule has 1 aliphatic carbocycles. The number of nitrogens with zero attached hydrogens (tertiary/aromatic N) is 1. The molecule has 1 unspecified atom stereocenters. The van der Waals surface area contributed by atoms with Crippen LogP contribution in [0.15, 0.2) is 48.5 Å². The van der Waals surface area contributed by atoms with Crippen LogP contribution in [0.25, 0.3) is 22.2 Å². The van der Waals surface area contributed by atoms with Gasteiger partial charge < -0.3 is 10.1 Å². The molecule has 0 spiro atoms. The molecule has 0 bridgehead atoms. The molecule has 1 atom stereocenters. The molecule has 36 heavy (non-hydrogen) atoms. The first-order chi connectivity index (χ1) is 17.4. The van der Waals surface area contributed by atoms with Crippen molar-refractivity contribution in [1.82, 2.24) is 4.98 Å². The number of nitrogens with one attached hydrogen (secondary N) is 1. The maximum atomic E-state index is 13.7. The summed E-state index contributed by atoms with van der Waals surface area (Å²) >= 11 is 14.0. The lowest BCUT2D eigenvalue weighted by molar-refractivity contribution is 0.0526. The van der Waals surface area contributed by atoms with Crippen LogP contribution in [0.4, 0.5) is 5.00 Å². The smallest absolute Gasteiger partial charge is 0.341 e. The molecule has 8 heteroatoms. The summed E-state index contributed by atoms with van der Waals surface area (Å²) in [6, 6.07) is 14.4. The Morgan fingerprint density at radius 3 is 2.75 bits per heavy atom. The molecule has 2 aromatic carbocycles. The van der Waals surface area contributed by atoms with Crippen molar-refractivity contribution in [3.05, 3.63) is 80.1 Å². The number of halogens is 2. The van der Waals surface area contributed by atoms with E-state index in [-0.39, 0.29) is 12.5 Å². The highest BCUT2D eigenvalue weighted by atomic mass is 35.5. The zero-order valence-corrected chi connectivity index (χ0v) is 22.2. The van der Waals surface area contributed by atoms with E-state index in [2.05, 4.69) is 12.2 Å². The Hall–Kier alpha value is -2.93. The molecule has 5 rings (SSSR count). The summed E-state index contributed by atoms with van der Waals surface area (Å²) in [5, 5.41) is 5.23. The zero-order chi connectivity index (χ0) is 25.4. The van der Waals surface area contributed by atoms with Gasteiger partial charge in [0.2, 0.25) is 0 Å². The number of para-hydroxylation sites is 1. The van der Waals surface area contributed by atoms with Gasteiger partial charge in [0.15, 0.2) is 0 Å². The van der Waals surface area contributed by atoms with Gasteiger partial charge in [-0.05, 0) is 68.0 Å². The number of rotatable bonds is 5. The fourth-order valence-corrected chi connectivity index (χ4v) is 6.53. The van der Waals surface area contributed by atoms with Crippen LogP contribution in [0.2, 0.25) is 10.0 Å². The van der Waals surface area contributed by atoms with Crippen molar-refractivity contribution < 1.29 is 14.3 Å². The largest absolute Gasteiger partial charge is 0.462 e. The fourth-order valence-electron chi connectivity index (χ4n) is 4.63. The Labute approximate surface area is 223 Å². The molecule has 0 saturated carbocycles. The highest BCUT2D eigenvalue weighted by Crippen LogP contribution is 2.40. The normalized spacial score (nSPS) is 14.9. The molecule has 1 aliphatic rings. The third-order valence-corrected chi connectivity index (χ3v) is 8.10. The van der Waals surface area contributed by atoms with Gasteiger partial charge in [0, 0.05) is 20.8 Å². The van der Waals surface area contributed by atoms with Gasteiger partial charge in [0.05, 0.1) is 34.0 Å². The van der Waals surface area contributed by atoms with E-state index < -0.39 is 5.97 Å². The van der Waals surface area contributed by atoms with E-state index in [0.717, 1.165) is 29.7 Å². The third kappa shape index (κ3) is 4.73. The summed E-state index contributed by atoms with van der Waals surface area (Å²) in [5.74, 6) is -0.184. The predicted octanol–water partition coefficient (Wildman–Crippen LogP) is 7.82. The average Bonchev–Trinajstić information content (AvgIpc) is 3.20. The zero-order valence-electron chi connectivity index (χ0n) is 19.9. The topological polar surface area (TPSA) is 68.3 Å². The van der Waals surface area contributed by atoms with Crippen LogP contribution in [-0.2, 0) is 17.6 Å². The second-order valence-electron chi connectivity index (χ2n) is 8.93. The predicted molar refractivity (Wildman–Crippen MR) is 147 cm³/mol. The number of hydrogen-bond acceptors (Lipinski definition) is 5. The SMILES string of the molecule is CCOC(=O)c1c(NC(=O)c2cc(-c3ccc(Cl)cc3Cl)nc3ccccc23)sc2c1CCC(C)C2. The van der Waals surface area contributed by atoms with Crippen LogP contribution in [0.1, 0.15) is 51.4 Å². The minimum atomic E-state index is -0.395. The van der Waals surface area contributed by atoms with Gasteiger partial charge in [0.1, 0.15) is 5.00 Å². The molecule has 0 fully saturated rings. The standard InChI is InChI=1S/C28H24Cl2N2O3S/c1-3-35-28(34)25-19-10-8-15(2)12-24(19)36-27(25)32-26(33)20-14-23(18-11-9-16(29)13-21(18)30)31-22-7-5-4-6-17(20)22/h4-7,9,11,13-15H,3,8,10,12H2,1-2H3,(H,32,33). The molecular formula is C28H24Cl2N2O3S. The lowest BCUT2D eigenvalue weighted by atomic mass is 9.88. The van der Waals surface area contributed by atoms with E-state index in [1.165, 1.54) is 11.3 Å². The number of ether oxygens (including phenoxy) is 1. The summed E-state index contributed by atoms with van der Waals surface area (Å²) in [6.07, 6.45) is 2.69. The number of carbonyl (C=O) groups is 2. The van der Waals surface area contributed by atoms with E-state index in [0.29, 0.717) is 54.3 Å². The van der Waals surface area contributed by atoms with Crippen LogP contribution < -0.4 is 5.32 Å². The summed E-state index contributed by atoms with van der Waals surface area (Å²) in [7, 11) is 0. The number of fused-ring (bicyclic) bond motifs is 2. The quantitative estimate of drug-likeness (QED) is 0.263. The lowest BCUT2D eigenvalue weighted by Gasteiger charge is -2.18. The van der Waals surface area contributed by atoms with Crippen molar-refractivity contribution in [2.45, 2.75) is 33.1 Å². The summed E-state index contributed by atoms with van der Waals surface area (Å²) in [5.41, 5.74) is 3.82. The van der Waals surface area contributed by atoms with Gasteiger partial charge in [-0.2, -0.15) is 0 Å². The Kier molecular flexibility index (Phi) is 7.02. The third-order valence-electron chi connectivity index (χ3n) is 6.39. The van der Waals surface area contributed by atoms with Gasteiger partial charge >= 0.3 is 5.97 Å². The summed E-state index contributed by atoms with van der Waals surface area (Å²) in [6.45, 7) is 4.26. The highest BCUT2D eigenvalue weighted by molar-refractivity contribution is 7.17. The second kappa shape index (κ2) is 10.2. The minimum absolute atomic E-state index is 0.271. The van der Waals surface area contributed by atoms with Crippen molar-refractivity contribution in [3.8, 4) is 11.3 Å². The molecule has 0 saturated heterocycles. The first-order valence-corrected chi connectivity index (χ1v) is 13.4. The first-order valence-electron chi connectivity index (χ1n) is 11.8. The molecule has 5 nitrogen and oxygen atoms in total. The van der Waals surface area contributed by atoms with E-state index in [1.54, 1.807) is 31.2 Å². The molecule has 0 aliphatic heterocycles. The van der Waals surface area contributed by atoms with Crippen molar-refractivity contribution in [3.63, 3.8) is 0 Å². The number of hydrogen-bond donors (Lipinski definition) is 1. The number of pyridine rings is 1. The van der Waals surface area contributed by atoms with Crippen molar-refractivity contribution in [1.29, 1.82) is 0 Å². The molecule has 184 valence electrons. The molecule has 2 heterocycles. The highest BCUT2D eigenvalue weighted by Gasteiger charge is 2.29. The Morgan fingerprint density at radius 2 is 1.97 bits per heavy atom. The van der Waals surface area contributed by atoms with Crippen molar-refractivity contribution in [2.75, 3.05) is 11.9 Å². The number of aromatic nitrogens is 1. The number of esters is 1. The first kappa shape index (κ1) is 24.8. The van der Waals surface area contributed by atoms with Crippen LogP contribution in [0, 0.1) is 5.92 Å². The van der Waals surface area contributed by atoms with E-state index in [1.807, 2.05) is 24.3 Å². The van der Waals surface area contributed by atoms with Crippen LogP contribution in [0.3, 0.4) is 0 Å². The van der Waals surface area contributed by atoms with E-state index >= 15 is 0 Å². The number of thiophene rings is 1. The summed E-state index contributed by atoms with van der Waals surface area (Å²) < 4.78 is 5.36. The number of anilines is 1. The Bertz CT molecular complexity index is 1500.